The Hall–Kier alpha value is -1.55. The number of nitrogens with one attached hydrogen (secondary N) is 1. The molecule has 0 bridgehead atoms. The zero-order valence-electron chi connectivity index (χ0n) is 11.4. The van der Waals surface area contributed by atoms with Gasteiger partial charge in [-0.2, -0.15) is 0 Å². The van der Waals surface area contributed by atoms with Crippen LogP contribution in [-0.2, 0) is 9.53 Å². The molecule has 0 aromatic heterocycles. The Kier molecular flexibility index (Phi) is 4.65. The molecule has 0 atom stereocenters. The molecular weight excluding hydrogens is 278 g/mol. The Morgan fingerprint density at radius 3 is 2.30 bits per heavy atom. The van der Waals surface area contributed by atoms with Crippen LogP contribution in [0.15, 0.2) is 24.3 Å². The Morgan fingerprint density at radius 2 is 1.75 bits per heavy atom. The van der Waals surface area contributed by atoms with Crippen molar-refractivity contribution < 1.29 is 14.3 Å². The average Bonchev–Trinajstić information content (AvgIpc) is 2.48. The van der Waals surface area contributed by atoms with Gasteiger partial charge in [-0.15, -0.1) is 0 Å². The summed E-state index contributed by atoms with van der Waals surface area (Å²) in [6, 6.07) is 6.60. The lowest BCUT2D eigenvalue weighted by Crippen LogP contribution is -2.56. The molecule has 0 saturated heterocycles. The highest BCUT2D eigenvalue weighted by Gasteiger charge is 2.42. The van der Waals surface area contributed by atoms with Crippen LogP contribution in [0.2, 0.25) is 5.02 Å². The molecule has 1 aliphatic carbocycles. The topological polar surface area (TPSA) is 55.4 Å². The van der Waals surface area contributed by atoms with Crippen molar-refractivity contribution in [1.29, 1.82) is 0 Å². The van der Waals surface area contributed by atoms with Gasteiger partial charge in [-0.25, -0.2) is 4.79 Å². The number of hydrogen-bond donors (Lipinski definition) is 1. The lowest BCUT2D eigenvalue weighted by molar-refractivity contribution is -0.149. The van der Waals surface area contributed by atoms with Crippen molar-refractivity contribution >= 4 is 23.5 Å². The van der Waals surface area contributed by atoms with Gasteiger partial charge in [0.1, 0.15) is 5.54 Å². The van der Waals surface area contributed by atoms with Gasteiger partial charge in [-0.3, -0.25) is 4.79 Å². The molecule has 0 radical (unpaired) electrons. The molecule has 1 fully saturated rings. The van der Waals surface area contributed by atoms with E-state index in [-0.39, 0.29) is 11.9 Å². The number of ether oxygens (including phenoxy) is 1. The minimum atomic E-state index is -0.885. The molecule has 1 aromatic carbocycles. The van der Waals surface area contributed by atoms with Crippen molar-refractivity contribution in [3.8, 4) is 0 Å². The second kappa shape index (κ2) is 6.27. The molecule has 1 N–H and O–H groups in total. The lowest BCUT2D eigenvalue weighted by atomic mass is 9.81. The smallest absolute Gasteiger partial charge is 0.331 e. The third-order valence-electron chi connectivity index (χ3n) is 3.74. The quantitative estimate of drug-likeness (QED) is 0.872. The molecule has 0 spiro atoms. The highest BCUT2D eigenvalue weighted by Crippen LogP contribution is 2.29. The zero-order chi connectivity index (χ0) is 14.6. The molecule has 0 aliphatic heterocycles. The van der Waals surface area contributed by atoms with Crippen LogP contribution in [0, 0.1) is 0 Å². The maximum absolute atomic E-state index is 12.3. The average molecular weight is 296 g/mol. The molecule has 1 amide bonds. The maximum Gasteiger partial charge on any atom is 0.331 e. The molecule has 4 nitrogen and oxygen atoms in total. The number of hydrogen-bond acceptors (Lipinski definition) is 3. The largest absolute Gasteiger partial charge is 0.467 e. The van der Waals surface area contributed by atoms with Gasteiger partial charge in [0.15, 0.2) is 0 Å². The van der Waals surface area contributed by atoms with E-state index in [0.29, 0.717) is 23.4 Å². The fraction of sp³-hybridized carbons (Fsp3) is 0.467. The summed E-state index contributed by atoms with van der Waals surface area (Å²) < 4.78 is 4.87. The predicted octanol–water partition coefficient (Wildman–Crippen LogP) is 2.95. The van der Waals surface area contributed by atoms with Crippen LogP contribution >= 0.6 is 11.6 Å². The highest BCUT2D eigenvalue weighted by atomic mass is 35.5. The fourth-order valence-electron chi connectivity index (χ4n) is 2.62. The molecule has 1 aliphatic rings. The zero-order valence-corrected chi connectivity index (χ0v) is 12.2. The van der Waals surface area contributed by atoms with E-state index in [1.807, 2.05) is 0 Å². The van der Waals surface area contributed by atoms with Crippen molar-refractivity contribution in [2.45, 2.75) is 37.6 Å². The Labute approximate surface area is 123 Å². The van der Waals surface area contributed by atoms with E-state index in [0.717, 1.165) is 19.3 Å². The number of methoxy groups -OCH3 is 1. The monoisotopic (exact) mass is 295 g/mol. The highest BCUT2D eigenvalue weighted by molar-refractivity contribution is 6.30. The van der Waals surface area contributed by atoms with E-state index in [1.54, 1.807) is 24.3 Å². The normalized spacial score (nSPS) is 17.3. The van der Waals surface area contributed by atoms with Gasteiger partial charge in [-0.1, -0.05) is 30.9 Å². The molecule has 1 saturated carbocycles. The van der Waals surface area contributed by atoms with Crippen molar-refractivity contribution in [2.75, 3.05) is 7.11 Å². The summed E-state index contributed by atoms with van der Waals surface area (Å²) in [6.07, 6.45) is 4.15. The van der Waals surface area contributed by atoms with E-state index in [1.165, 1.54) is 7.11 Å². The van der Waals surface area contributed by atoms with Gasteiger partial charge in [0.2, 0.25) is 0 Å². The van der Waals surface area contributed by atoms with Gasteiger partial charge in [0.25, 0.3) is 5.91 Å². The molecule has 108 valence electrons. The number of amides is 1. The van der Waals surface area contributed by atoms with E-state index in [4.69, 9.17) is 16.3 Å². The first-order valence-corrected chi connectivity index (χ1v) is 7.12. The first-order valence-electron chi connectivity index (χ1n) is 6.74. The van der Waals surface area contributed by atoms with Gasteiger partial charge >= 0.3 is 5.97 Å². The molecule has 20 heavy (non-hydrogen) atoms. The number of halogens is 1. The summed E-state index contributed by atoms with van der Waals surface area (Å²) in [6.45, 7) is 0. The van der Waals surface area contributed by atoms with Crippen LogP contribution in [0.1, 0.15) is 42.5 Å². The number of benzene rings is 1. The summed E-state index contributed by atoms with van der Waals surface area (Å²) in [5.41, 5.74) is -0.396. The predicted molar refractivity (Wildman–Crippen MR) is 76.8 cm³/mol. The molecule has 0 heterocycles. The van der Waals surface area contributed by atoms with Crippen LogP contribution in [0.3, 0.4) is 0 Å². The lowest BCUT2D eigenvalue weighted by Gasteiger charge is -2.35. The van der Waals surface area contributed by atoms with Crippen LogP contribution in [-0.4, -0.2) is 24.5 Å². The van der Waals surface area contributed by atoms with Gasteiger partial charge in [0.05, 0.1) is 7.11 Å². The Balaban J connectivity index is 2.17. The number of rotatable bonds is 3. The third kappa shape index (κ3) is 3.12. The fourth-order valence-corrected chi connectivity index (χ4v) is 2.75. The SMILES string of the molecule is COC(=O)C1(NC(=O)c2ccc(Cl)cc2)CCCCC1. The summed E-state index contributed by atoms with van der Waals surface area (Å²) in [7, 11) is 1.35. The number of esters is 1. The van der Waals surface area contributed by atoms with Crippen LogP contribution in [0.4, 0.5) is 0 Å². The molecule has 0 unspecified atom stereocenters. The van der Waals surface area contributed by atoms with Crippen LogP contribution in [0.5, 0.6) is 0 Å². The van der Waals surface area contributed by atoms with Gasteiger partial charge < -0.3 is 10.1 Å². The number of carbonyl (C=O) groups is 2. The first kappa shape index (κ1) is 14.9. The summed E-state index contributed by atoms with van der Waals surface area (Å²) >= 11 is 5.80. The Morgan fingerprint density at radius 1 is 1.15 bits per heavy atom. The van der Waals surface area contributed by atoms with Gasteiger partial charge in [0, 0.05) is 10.6 Å². The summed E-state index contributed by atoms with van der Waals surface area (Å²) in [5, 5.41) is 3.43. The van der Waals surface area contributed by atoms with Gasteiger partial charge in [-0.05, 0) is 37.1 Å². The number of carbonyl (C=O) groups excluding carboxylic acids is 2. The molecular formula is C15H18ClNO3. The van der Waals surface area contributed by atoms with Crippen LogP contribution < -0.4 is 5.32 Å². The van der Waals surface area contributed by atoms with Crippen molar-refractivity contribution in [1.82, 2.24) is 5.32 Å². The second-order valence-electron chi connectivity index (χ2n) is 5.10. The van der Waals surface area contributed by atoms with E-state index in [2.05, 4.69) is 5.32 Å². The van der Waals surface area contributed by atoms with E-state index < -0.39 is 5.54 Å². The standard InChI is InChI=1S/C15H18ClNO3/c1-20-14(19)15(9-3-2-4-10-15)17-13(18)11-5-7-12(16)8-6-11/h5-8H,2-4,9-10H2,1H3,(H,17,18). The summed E-state index contributed by atoms with van der Waals surface area (Å²) in [4.78, 5) is 24.3. The maximum atomic E-state index is 12.3. The first-order chi connectivity index (χ1) is 9.57. The minimum absolute atomic E-state index is 0.269. The molecule has 2 rings (SSSR count). The van der Waals surface area contributed by atoms with Crippen LogP contribution in [0.25, 0.3) is 0 Å². The van der Waals surface area contributed by atoms with Crippen molar-refractivity contribution in [2.24, 2.45) is 0 Å². The van der Waals surface area contributed by atoms with Crippen molar-refractivity contribution in [3.63, 3.8) is 0 Å². The minimum Gasteiger partial charge on any atom is -0.467 e. The summed E-state index contributed by atoms with van der Waals surface area (Å²) in [5.74, 6) is -0.631. The second-order valence-corrected chi connectivity index (χ2v) is 5.53. The van der Waals surface area contributed by atoms with E-state index in [9.17, 15) is 9.59 Å². The molecule has 5 heteroatoms. The van der Waals surface area contributed by atoms with Crippen molar-refractivity contribution in [3.05, 3.63) is 34.9 Å². The Bertz CT molecular complexity index is 492. The molecule has 1 aromatic rings. The van der Waals surface area contributed by atoms with E-state index >= 15 is 0 Å². The third-order valence-corrected chi connectivity index (χ3v) is 3.99.